The van der Waals surface area contributed by atoms with Crippen LogP contribution >= 0.6 is 10.3 Å². The van der Waals surface area contributed by atoms with Gasteiger partial charge in [-0.2, -0.15) is 0 Å². The van der Waals surface area contributed by atoms with Crippen LogP contribution in [0.2, 0.25) is 0 Å². The van der Waals surface area contributed by atoms with E-state index in [0.717, 1.165) is 9.79 Å². The van der Waals surface area contributed by atoms with Crippen LogP contribution in [0.4, 0.5) is 0 Å². The van der Waals surface area contributed by atoms with Crippen molar-refractivity contribution in [2.75, 3.05) is 0 Å². The third kappa shape index (κ3) is 6.35. The molecule has 0 bridgehead atoms. The summed E-state index contributed by atoms with van der Waals surface area (Å²) in [6.07, 6.45) is -0.0529. The van der Waals surface area contributed by atoms with Gasteiger partial charge < -0.3 is 18.4 Å². The zero-order valence-electron chi connectivity index (χ0n) is 22.3. The molecule has 36 heavy (non-hydrogen) atoms. The van der Waals surface area contributed by atoms with E-state index in [1.54, 1.807) is 6.92 Å². The molecule has 0 amide bonds. The van der Waals surface area contributed by atoms with Crippen molar-refractivity contribution < 1.29 is 23.2 Å². The fraction of sp³-hybridized carbons (Fsp3) is 0.367. The van der Waals surface area contributed by atoms with Crippen molar-refractivity contribution in [3.8, 4) is 17.2 Å². The normalized spacial score (nSPS) is 12.1. The summed E-state index contributed by atoms with van der Waals surface area (Å²) < 4.78 is 25.5. The highest BCUT2D eigenvalue weighted by molar-refractivity contribution is 8.30. The maximum absolute atomic E-state index is 13.1. The van der Waals surface area contributed by atoms with Crippen LogP contribution in [0.5, 0.6) is 17.2 Å². The van der Waals surface area contributed by atoms with E-state index in [-0.39, 0.29) is 30.7 Å². The maximum Gasteiger partial charge on any atom is 0.316 e. The molecular formula is C30H38O5S. The van der Waals surface area contributed by atoms with Gasteiger partial charge in [0.25, 0.3) is 0 Å². The number of hydrogen-bond acceptors (Lipinski definition) is 5. The number of rotatable bonds is 11. The van der Waals surface area contributed by atoms with Gasteiger partial charge >= 0.3 is 5.97 Å². The van der Waals surface area contributed by atoms with E-state index in [1.165, 1.54) is 0 Å². The summed E-state index contributed by atoms with van der Waals surface area (Å²) in [7, 11) is -2.60. The second kappa shape index (κ2) is 12.2. The van der Waals surface area contributed by atoms with Gasteiger partial charge in [0.1, 0.15) is 22.1 Å². The first-order valence-corrected chi connectivity index (χ1v) is 14.1. The Bertz CT molecular complexity index is 1060. The van der Waals surface area contributed by atoms with Gasteiger partial charge in [0.15, 0.2) is 0 Å². The average Bonchev–Trinajstić information content (AvgIpc) is 2.82. The van der Waals surface area contributed by atoms with Crippen LogP contribution in [0.15, 0.2) is 87.5 Å². The highest BCUT2D eigenvalue weighted by Gasteiger charge is 2.41. The molecular weight excluding hydrogens is 472 g/mol. The molecule has 194 valence electrons. The molecule has 0 radical (unpaired) electrons. The second-order valence-electron chi connectivity index (χ2n) is 9.24. The standard InChI is InChI=1S/C30H38O5S/c1-8-29(31)35-36(25-15-11-9-12-16-25,26-17-13-10-14-18-26)30-27(33-22(4)5)19-24(32-21(2)3)20-28(30)34-23(6)7/h9-23H,8H2,1-7H3. The Kier molecular flexibility index (Phi) is 9.32. The molecule has 0 aromatic heterocycles. The van der Waals surface area contributed by atoms with Gasteiger partial charge in [0.2, 0.25) is 0 Å². The van der Waals surface area contributed by atoms with Crippen molar-refractivity contribution in [2.45, 2.75) is 87.9 Å². The van der Waals surface area contributed by atoms with Crippen molar-refractivity contribution in [1.82, 2.24) is 0 Å². The van der Waals surface area contributed by atoms with Crippen LogP contribution in [-0.2, 0) is 8.98 Å². The van der Waals surface area contributed by atoms with Gasteiger partial charge in [-0.1, -0.05) is 43.3 Å². The fourth-order valence-corrected chi connectivity index (χ4v) is 7.07. The van der Waals surface area contributed by atoms with Gasteiger partial charge in [-0.3, -0.25) is 4.79 Å². The molecule has 0 aliphatic rings. The fourth-order valence-electron chi connectivity index (χ4n) is 3.79. The Morgan fingerprint density at radius 1 is 0.694 bits per heavy atom. The van der Waals surface area contributed by atoms with E-state index >= 15 is 0 Å². The van der Waals surface area contributed by atoms with Crippen molar-refractivity contribution >= 4 is 16.3 Å². The summed E-state index contributed by atoms with van der Waals surface area (Å²) in [6.45, 7) is 13.7. The van der Waals surface area contributed by atoms with Crippen LogP contribution < -0.4 is 14.2 Å². The average molecular weight is 511 g/mol. The minimum atomic E-state index is -2.60. The third-order valence-corrected chi connectivity index (χ3v) is 8.32. The molecule has 5 nitrogen and oxygen atoms in total. The summed E-state index contributed by atoms with van der Waals surface area (Å²) in [5.41, 5.74) is 0. The van der Waals surface area contributed by atoms with Gasteiger partial charge in [-0.25, -0.2) is 0 Å². The van der Waals surface area contributed by atoms with Crippen LogP contribution in [0.25, 0.3) is 0 Å². The molecule has 0 aliphatic heterocycles. The summed E-state index contributed by atoms with van der Waals surface area (Å²) in [6, 6.07) is 23.5. The number of ether oxygens (including phenoxy) is 3. The first-order chi connectivity index (χ1) is 17.2. The minimum Gasteiger partial charge on any atom is -0.491 e. The van der Waals surface area contributed by atoms with E-state index in [0.29, 0.717) is 22.1 Å². The molecule has 0 fully saturated rings. The summed E-state index contributed by atoms with van der Waals surface area (Å²) in [5, 5.41) is 0. The lowest BCUT2D eigenvalue weighted by molar-refractivity contribution is -0.133. The lowest BCUT2D eigenvalue weighted by Crippen LogP contribution is -2.18. The van der Waals surface area contributed by atoms with Crippen LogP contribution in [0.3, 0.4) is 0 Å². The van der Waals surface area contributed by atoms with Crippen molar-refractivity contribution in [3.63, 3.8) is 0 Å². The second-order valence-corrected chi connectivity index (χ2v) is 11.9. The molecule has 0 aliphatic carbocycles. The monoisotopic (exact) mass is 510 g/mol. The summed E-state index contributed by atoms with van der Waals surface area (Å²) >= 11 is 0. The largest absolute Gasteiger partial charge is 0.491 e. The van der Waals surface area contributed by atoms with E-state index in [9.17, 15) is 4.79 Å². The minimum absolute atomic E-state index is 0.0343. The van der Waals surface area contributed by atoms with E-state index in [2.05, 4.69) is 0 Å². The summed E-state index contributed by atoms with van der Waals surface area (Å²) in [5.74, 6) is 1.48. The molecule has 0 N–H and O–H groups in total. The Labute approximate surface area is 217 Å². The zero-order chi connectivity index (χ0) is 26.3. The van der Waals surface area contributed by atoms with Crippen LogP contribution in [0, 0.1) is 0 Å². The smallest absolute Gasteiger partial charge is 0.316 e. The molecule has 0 saturated heterocycles. The first kappa shape index (κ1) is 27.5. The van der Waals surface area contributed by atoms with Crippen LogP contribution in [0.1, 0.15) is 54.9 Å². The van der Waals surface area contributed by atoms with Crippen LogP contribution in [-0.4, -0.2) is 24.3 Å². The predicted octanol–water partition coefficient (Wildman–Crippen LogP) is 8.20. The summed E-state index contributed by atoms with van der Waals surface area (Å²) in [4.78, 5) is 15.6. The molecule has 0 saturated carbocycles. The molecule has 3 aromatic carbocycles. The van der Waals surface area contributed by atoms with Crippen molar-refractivity contribution in [1.29, 1.82) is 0 Å². The molecule has 0 spiro atoms. The highest BCUT2D eigenvalue weighted by atomic mass is 32.3. The van der Waals surface area contributed by atoms with Gasteiger partial charge in [0, 0.05) is 38.7 Å². The lowest BCUT2D eigenvalue weighted by Gasteiger charge is -2.41. The molecule has 3 aromatic rings. The molecule has 6 heteroatoms. The van der Waals surface area contributed by atoms with E-state index in [4.69, 9.17) is 18.4 Å². The van der Waals surface area contributed by atoms with E-state index < -0.39 is 10.3 Å². The zero-order valence-corrected chi connectivity index (χ0v) is 23.1. The quantitative estimate of drug-likeness (QED) is 0.260. The maximum atomic E-state index is 13.1. The topological polar surface area (TPSA) is 54.0 Å². The van der Waals surface area contributed by atoms with Crippen molar-refractivity contribution in [3.05, 3.63) is 72.8 Å². The number of hydrogen-bond donors (Lipinski definition) is 0. The van der Waals surface area contributed by atoms with E-state index in [1.807, 2.05) is 114 Å². The SMILES string of the molecule is CCC(=O)OS(c1ccccc1)(c1ccccc1)c1c(OC(C)C)cc(OC(C)C)cc1OC(C)C. The molecule has 0 heterocycles. The Hall–Kier alpha value is -3.12. The Morgan fingerprint density at radius 2 is 1.11 bits per heavy atom. The number of carbonyl (C=O) groups is 1. The Balaban J connectivity index is 2.51. The van der Waals surface area contributed by atoms with Crippen molar-refractivity contribution in [2.24, 2.45) is 0 Å². The third-order valence-electron chi connectivity index (χ3n) is 5.04. The van der Waals surface area contributed by atoms with Gasteiger partial charge in [0.05, 0.1) is 18.3 Å². The lowest BCUT2D eigenvalue weighted by atomic mass is 10.2. The Morgan fingerprint density at radius 3 is 1.47 bits per heavy atom. The number of carbonyl (C=O) groups excluding carboxylic acids is 1. The van der Waals surface area contributed by atoms with Gasteiger partial charge in [-0.15, -0.1) is 0 Å². The molecule has 0 atom stereocenters. The van der Waals surface area contributed by atoms with Gasteiger partial charge in [-0.05, 0) is 65.8 Å². The molecule has 3 rings (SSSR count). The highest BCUT2D eigenvalue weighted by Crippen LogP contribution is 2.73. The number of benzene rings is 3. The molecule has 0 unspecified atom stereocenters. The first-order valence-electron chi connectivity index (χ1n) is 12.5. The predicted molar refractivity (Wildman–Crippen MR) is 145 cm³/mol.